The van der Waals surface area contributed by atoms with Gasteiger partial charge in [0, 0.05) is 6.54 Å². The van der Waals surface area contributed by atoms with Gasteiger partial charge in [0.1, 0.15) is 23.0 Å². The Hall–Kier alpha value is -0.480. The fraction of sp³-hybridized carbons (Fsp3) is 0.538. The summed E-state index contributed by atoms with van der Waals surface area (Å²) < 4.78 is 5.51. The Bertz CT molecular complexity index is 383. The van der Waals surface area contributed by atoms with Gasteiger partial charge in [-0.05, 0) is 32.0 Å². The molecule has 1 rings (SSSR count). The normalized spacial score (nSPS) is 14.3. The number of benzene rings is 1. The lowest BCUT2D eigenvalue weighted by molar-refractivity contribution is 0.0125. The zero-order valence-electron chi connectivity index (χ0n) is 10.7. The summed E-state index contributed by atoms with van der Waals surface area (Å²) in [7, 11) is 0. The van der Waals surface area contributed by atoms with Crippen molar-refractivity contribution < 1.29 is 9.84 Å². The van der Waals surface area contributed by atoms with Gasteiger partial charge in [-0.15, -0.1) is 0 Å². The molecule has 0 fully saturated rings. The third-order valence-electron chi connectivity index (χ3n) is 2.39. The molecule has 1 unspecified atom stereocenters. The molecule has 0 saturated carbocycles. The van der Waals surface area contributed by atoms with E-state index in [4.69, 9.17) is 27.9 Å². The van der Waals surface area contributed by atoms with Crippen LogP contribution in [-0.2, 0) is 0 Å². The van der Waals surface area contributed by atoms with Gasteiger partial charge in [0.25, 0.3) is 0 Å². The van der Waals surface area contributed by atoms with Crippen LogP contribution in [0.1, 0.15) is 20.3 Å². The molecular formula is C13H19Cl2NO2. The van der Waals surface area contributed by atoms with Crippen molar-refractivity contribution in [3.63, 3.8) is 0 Å². The average Bonchev–Trinajstić information content (AvgIpc) is 2.31. The number of hydrogen-bond donors (Lipinski definition) is 2. The molecule has 3 nitrogen and oxygen atoms in total. The molecule has 1 atom stereocenters. The van der Waals surface area contributed by atoms with E-state index in [-0.39, 0.29) is 6.61 Å². The van der Waals surface area contributed by atoms with Crippen LogP contribution in [0.5, 0.6) is 5.75 Å². The van der Waals surface area contributed by atoms with Crippen molar-refractivity contribution in [2.75, 3.05) is 19.7 Å². The van der Waals surface area contributed by atoms with E-state index in [2.05, 4.69) is 12.2 Å². The van der Waals surface area contributed by atoms with Crippen LogP contribution >= 0.6 is 23.2 Å². The van der Waals surface area contributed by atoms with Gasteiger partial charge < -0.3 is 15.2 Å². The van der Waals surface area contributed by atoms with Gasteiger partial charge >= 0.3 is 0 Å². The summed E-state index contributed by atoms with van der Waals surface area (Å²) >= 11 is 11.9. The van der Waals surface area contributed by atoms with Gasteiger partial charge in [-0.3, -0.25) is 0 Å². The summed E-state index contributed by atoms with van der Waals surface area (Å²) in [6.45, 7) is 5.29. The van der Waals surface area contributed by atoms with Gasteiger partial charge in [0.05, 0.1) is 5.02 Å². The van der Waals surface area contributed by atoms with Crippen LogP contribution in [-0.4, -0.2) is 30.4 Å². The molecule has 0 aromatic heterocycles. The van der Waals surface area contributed by atoms with Crippen molar-refractivity contribution >= 4 is 23.2 Å². The fourth-order valence-electron chi connectivity index (χ4n) is 1.41. The molecule has 0 radical (unpaired) electrons. The predicted octanol–water partition coefficient (Wildman–Crippen LogP) is 3.12. The maximum atomic E-state index is 10.1. The minimum absolute atomic E-state index is 0.157. The predicted molar refractivity (Wildman–Crippen MR) is 75.7 cm³/mol. The SMILES string of the molecule is CCCNCC(C)(O)COc1cccc(Cl)c1Cl. The number of aliphatic hydroxyl groups is 1. The van der Waals surface area contributed by atoms with E-state index in [1.807, 2.05) is 0 Å². The molecule has 0 aliphatic heterocycles. The Labute approximate surface area is 118 Å². The van der Waals surface area contributed by atoms with E-state index in [0.29, 0.717) is 22.3 Å². The van der Waals surface area contributed by atoms with Crippen LogP contribution in [0.25, 0.3) is 0 Å². The highest BCUT2D eigenvalue weighted by Gasteiger charge is 2.21. The fourth-order valence-corrected chi connectivity index (χ4v) is 1.76. The molecule has 0 heterocycles. The number of rotatable bonds is 7. The van der Waals surface area contributed by atoms with Crippen LogP contribution in [0.2, 0.25) is 10.0 Å². The lowest BCUT2D eigenvalue weighted by Gasteiger charge is -2.24. The topological polar surface area (TPSA) is 41.5 Å². The molecular weight excluding hydrogens is 273 g/mol. The van der Waals surface area contributed by atoms with Gasteiger partial charge in [-0.2, -0.15) is 0 Å². The van der Waals surface area contributed by atoms with E-state index in [1.165, 1.54) is 0 Å². The van der Waals surface area contributed by atoms with E-state index in [0.717, 1.165) is 13.0 Å². The minimum atomic E-state index is -0.944. The molecule has 2 N–H and O–H groups in total. The second kappa shape index (κ2) is 7.19. The highest BCUT2D eigenvalue weighted by molar-refractivity contribution is 6.42. The van der Waals surface area contributed by atoms with E-state index >= 15 is 0 Å². The van der Waals surface area contributed by atoms with Crippen LogP contribution in [0.3, 0.4) is 0 Å². The quantitative estimate of drug-likeness (QED) is 0.759. The van der Waals surface area contributed by atoms with Crippen molar-refractivity contribution in [3.05, 3.63) is 28.2 Å². The van der Waals surface area contributed by atoms with Gasteiger partial charge in [-0.1, -0.05) is 36.2 Å². The number of hydrogen-bond acceptors (Lipinski definition) is 3. The number of halogens is 2. The average molecular weight is 292 g/mol. The van der Waals surface area contributed by atoms with Crippen LogP contribution < -0.4 is 10.1 Å². The summed E-state index contributed by atoms with van der Waals surface area (Å²) in [5, 5.41) is 14.1. The first-order valence-electron chi connectivity index (χ1n) is 5.96. The molecule has 0 saturated heterocycles. The zero-order chi connectivity index (χ0) is 13.6. The van der Waals surface area contributed by atoms with Crippen molar-refractivity contribution in [3.8, 4) is 5.75 Å². The van der Waals surface area contributed by atoms with E-state index < -0.39 is 5.60 Å². The van der Waals surface area contributed by atoms with Crippen LogP contribution in [0, 0.1) is 0 Å². The maximum Gasteiger partial charge on any atom is 0.139 e. The zero-order valence-corrected chi connectivity index (χ0v) is 12.2. The van der Waals surface area contributed by atoms with E-state index in [1.54, 1.807) is 25.1 Å². The van der Waals surface area contributed by atoms with Crippen molar-refractivity contribution in [2.24, 2.45) is 0 Å². The Balaban J connectivity index is 2.50. The summed E-state index contributed by atoms with van der Waals surface area (Å²) in [4.78, 5) is 0. The van der Waals surface area contributed by atoms with Crippen LogP contribution in [0.4, 0.5) is 0 Å². The summed E-state index contributed by atoms with van der Waals surface area (Å²) in [6, 6.07) is 5.18. The maximum absolute atomic E-state index is 10.1. The Morgan fingerprint density at radius 1 is 1.39 bits per heavy atom. The number of nitrogens with one attached hydrogen (secondary N) is 1. The van der Waals surface area contributed by atoms with Gasteiger partial charge in [0.15, 0.2) is 0 Å². The Kier molecular flexibility index (Phi) is 6.22. The molecule has 0 aliphatic rings. The Morgan fingerprint density at radius 2 is 2.11 bits per heavy atom. The Morgan fingerprint density at radius 3 is 2.78 bits per heavy atom. The molecule has 0 aliphatic carbocycles. The van der Waals surface area contributed by atoms with E-state index in [9.17, 15) is 5.11 Å². The van der Waals surface area contributed by atoms with Crippen molar-refractivity contribution in [1.29, 1.82) is 0 Å². The molecule has 1 aromatic carbocycles. The molecule has 0 bridgehead atoms. The van der Waals surface area contributed by atoms with Crippen molar-refractivity contribution in [2.45, 2.75) is 25.9 Å². The molecule has 1 aromatic rings. The molecule has 0 spiro atoms. The first-order chi connectivity index (χ1) is 8.46. The van der Waals surface area contributed by atoms with Gasteiger partial charge in [0.2, 0.25) is 0 Å². The lowest BCUT2D eigenvalue weighted by Crippen LogP contribution is -2.43. The van der Waals surface area contributed by atoms with Crippen molar-refractivity contribution in [1.82, 2.24) is 5.32 Å². The first-order valence-corrected chi connectivity index (χ1v) is 6.72. The first kappa shape index (κ1) is 15.6. The highest BCUT2D eigenvalue weighted by Crippen LogP contribution is 2.31. The summed E-state index contributed by atoms with van der Waals surface area (Å²) in [5.41, 5.74) is -0.944. The summed E-state index contributed by atoms with van der Waals surface area (Å²) in [5.74, 6) is 0.486. The third kappa shape index (κ3) is 5.02. The summed E-state index contributed by atoms with van der Waals surface area (Å²) in [6.07, 6.45) is 1.02. The second-order valence-corrected chi connectivity index (χ2v) is 5.30. The smallest absolute Gasteiger partial charge is 0.139 e. The standard InChI is InChI=1S/C13H19Cl2NO2/c1-3-7-16-8-13(2,17)9-18-11-6-4-5-10(14)12(11)15/h4-6,16-17H,3,7-9H2,1-2H3. The third-order valence-corrected chi connectivity index (χ3v) is 3.19. The minimum Gasteiger partial charge on any atom is -0.489 e. The molecule has 0 amide bonds. The lowest BCUT2D eigenvalue weighted by atomic mass is 10.1. The monoisotopic (exact) mass is 291 g/mol. The molecule has 18 heavy (non-hydrogen) atoms. The molecule has 5 heteroatoms. The highest BCUT2D eigenvalue weighted by atomic mass is 35.5. The number of ether oxygens (including phenoxy) is 1. The van der Waals surface area contributed by atoms with Crippen LogP contribution in [0.15, 0.2) is 18.2 Å². The van der Waals surface area contributed by atoms with Gasteiger partial charge in [-0.25, -0.2) is 0 Å². The molecule has 102 valence electrons. The second-order valence-electron chi connectivity index (χ2n) is 4.51. The largest absolute Gasteiger partial charge is 0.489 e.